The first kappa shape index (κ1) is 13.2. The van der Waals surface area contributed by atoms with Crippen molar-refractivity contribution < 1.29 is 22.8 Å². The lowest BCUT2D eigenvalue weighted by molar-refractivity contribution is 0.0692. The fourth-order valence-electron chi connectivity index (χ4n) is 1.37. The van der Waals surface area contributed by atoms with Gasteiger partial charge in [-0.05, 0) is 6.92 Å². The van der Waals surface area contributed by atoms with Crippen molar-refractivity contribution in [3.63, 3.8) is 0 Å². The number of carboxylic acid groups (broad SMARTS) is 1. The number of rotatable bonds is 5. The van der Waals surface area contributed by atoms with Crippen LogP contribution in [0.5, 0.6) is 0 Å². The van der Waals surface area contributed by atoms with Gasteiger partial charge in [-0.25, -0.2) is 17.9 Å². The number of carbonyl (C=O) groups is 1. The number of H-pyrrole nitrogens is 1. The summed E-state index contributed by atoms with van der Waals surface area (Å²) in [4.78, 5) is 10.8. The monoisotopic (exact) mass is 286 g/mol. The van der Waals surface area contributed by atoms with Crippen molar-refractivity contribution in [1.29, 1.82) is 0 Å². The van der Waals surface area contributed by atoms with Gasteiger partial charge in [0, 0.05) is 6.07 Å². The Morgan fingerprint density at radius 3 is 2.89 bits per heavy atom. The molecule has 0 aromatic carbocycles. The molecule has 0 unspecified atom stereocenters. The normalized spacial score (nSPS) is 11.6. The van der Waals surface area contributed by atoms with Gasteiger partial charge in [0.25, 0.3) is 10.0 Å². The summed E-state index contributed by atoms with van der Waals surface area (Å²) in [5.41, 5.74) is -0.0405. The van der Waals surface area contributed by atoms with E-state index in [2.05, 4.69) is 20.1 Å². The molecule has 102 valence electrons. The van der Waals surface area contributed by atoms with E-state index < -0.39 is 26.6 Å². The molecule has 0 fully saturated rings. The highest BCUT2D eigenvalue weighted by atomic mass is 32.2. The highest BCUT2D eigenvalue weighted by molar-refractivity contribution is 7.89. The van der Waals surface area contributed by atoms with Crippen LogP contribution in [0.15, 0.2) is 21.8 Å². The van der Waals surface area contributed by atoms with E-state index in [-0.39, 0.29) is 6.54 Å². The van der Waals surface area contributed by atoms with Crippen LogP contribution in [0.25, 0.3) is 0 Å². The fraction of sp³-hybridized carbons (Fsp3) is 0.222. The molecule has 2 rings (SSSR count). The number of aryl methyl sites for hydroxylation is 1. The molecule has 0 aliphatic carbocycles. The second-order valence-electron chi connectivity index (χ2n) is 3.67. The summed E-state index contributed by atoms with van der Waals surface area (Å²) >= 11 is 0. The highest BCUT2D eigenvalue weighted by Gasteiger charge is 2.24. The van der Waals surface area contributed by atoms with Gasteiger partial charge in [-0.3, -0.25) is 5.10 Å². The molecular formula is C9H10N4O5S. The van der Waals surface area contributed by atoms with Gasteiger partial charge in [-0.1, -0.05) is 5.16 Å². The lowest BCUT2D eigenvalue weighted by Gasteiger charge is -2.03. The molecule has 2 heterocycles. The zero-order valence-electron chi connectivity index (χ0n) is 9.74. The van der Waals surface area contributed by atoms with Gasteiger partial charge in [0.1, 0.15) is 11.3 Å². The van der Waals surface area contributed by atoms with Crippen molar-refractivity contribution in [2.45, 2.75) is 18.5 Å². The number of nitrogens with zero attached hydrogens (tertiary/aromatic N) is 2. The predicted molar refractivity (Wildman–Crippen MR) is 60.8 cm³/mol. The fourth-order valence-corrected chi connectivity index (χ4v) is 2.46. The number of hydrogen-bond acceptors (Lipinski definition) is 6. The first-order chi connectivity index (χ1) is 8.90. The summed E-state index contributed by atoms with van der Waals surface area (Å²) in [5.74, 6) is -0.839. The summed E-state index contributed by atoms with van der Waals surface area (Å²) in [6, 6.07) is 1.56. The average Bonchev–Trinajstić information content (AvgIpc) is 2.94. The van der Waals surface area contributed by atoms with Gasteiger partial charge in [0.2, 0.25) is 0 Å². The number of aromatic carboxylic acids is 1. The summed E-state index contributed by atoms with van der Waals surface area (Å²) in [6.45, 7) is 1.56. The Morgan fingerprint density at radius 2 is 2.32 bits per heavy atom. The second-order valence-corrected chi connectivity index (χ2v) is 5.38. The van der Waals surface area contributed by atoms with E-state index in [1.165, 1.54) is 0 Å². The zero-order chi connectivity index (χ0) is 14.0. The molecule has 0 radical (unpaired) electrons. The number of hydrogen-bond donors (Lipinski definition) is 3. The van der Waals surface area contributed by atoms with E-state index in [1.807, 2.05) is 0 Å². The van der Waals surface area contributed by atoms with E-state index in [0.717, 1.165) is 6.20 Å². The molecule has 0 bridgehead atoms. The van der Waals surface area contributed by atoms with E-state index >= 15 is 0 Å². The van der Waals surface area contributed by atoms with Crippen LogP contribution in [0.4, 0.5) is 0 Å². The van der Waals surface area contributed by atoms with Gasteiger partial charge in [0.05, 0.1) is 18.4 Å². The molecule has 0 atom stereocenters. The van der Waals surface area contributed by atoms with Crippen molar-refractivity contribution in [3.05, 3.63) is 29.3 Å². The van der Waals surface area contributed by atoms with Crippen molar-refractivity contribution >= 4 is 16.0 Å². The molecule has 2 aromatic heterocycles. The topological polar surface area (TPSA) is 138 Å². The Morgan fingerprint density at radius 1 is 1.58 bits per heavy atom. The largest absolute Gasteiger partial charge is 0.478 e. The minimum atomic E-state index is -4.01. The smallest absolute Gasteiger partial charge is 0.340 e. The van der Waals surface area contributed by atoms with Gasteiger partial charge in [-0.2, -0.15) is 5.10 Å². The Bertz CT molecular complexity index is 702. The Kier molecular flexibility index (Phi) is 3.36. The molecule has 0 aliphatic heterocycles. The van der Waals surface area contributed by atoms with E-state index in [1.54, 1.807) is 13.0 Å². The molecule has 19 heavy (non-hydrogen) atoms. The third-order valence-corrected chi connectivity index (χ3v) is 3.60. The van der Waals surface area contributed by atoms with E-state index in [0.29, 0.717) is 11.5 Å². The molecule has 2 aromatic rings. The van der Waals surface area contributed by atoms with Crippen LogP contribution in [0.2, 0.25) is 0 Å². The number of sulfonamides is 1. The van der Waals surface area contributed by atoms with Crippen molar-refractivity contribution in [3.8, 4) is 0 Å². The lowest BCUT2D eigenvalue weighted by atomic mass is 10.4. The standard InChI is InChI=1S/C9H10N4O5S/c1-5-2-6(13-18-5)3-11-19(16,17)8-7(9(14)15)4-10-12-8/h2,4,11H,3H2,1H3,(H,10,12)(H,14,15). The minimum absolute atomic E-state index is 0.113. The third-order valence-electron chi connectivity index (χ3n) is 2.22. The zero-order valence-corrected chi connectivity index (χ0v) is 10.6. The third kappa shape index (κ3) is 2.80. The van der Waals surface area contributed by atoms with Crippen LogP contribution in [0.1, 0.15) is 21.8 Å². The quantitative estimate of drug-likeness (QED) is 0.696. The molecular weight excluding hydrogens is 276 g/mol. The summed E-state index contributed by atoms with van der Waals surface area (Å²) in [6.07, 6.45) is 0.928. The van der Waals surface area contributed by atoms with Crippen LogP contribution in [0, 0.1) is 6.92 Å². The van der Waals surface area contributed by atoms with Crippen LogP contribution in [-0.4, -0.2) is 34.8 Å². The maximum Gasteiger partial charge on any atom is 0.340 e. The summed E-state index contributed by atoms with van der Waals surface area (Å²) in [5, 5.41) is 17.5. The van der Waals surface area contributed by atoms with Gasteiger partial charge in [-0.15, -0.1) is 0 Å². The van der Waals surface area contributed by atoms with Crippen molar-refractivity contribution in [2.24, 2.45) is 0 Å². The van der Waals surface area contributed by atoms with Gasteiger partial charge >= 0.3 is 5.97 Å². The average molecular weight is 286 g/mol. The molecule has 0 amide bonds. The first-order valence-electron chi connectivity index (χ1n) is 5.08. The lowest BCUT2D eigenvalue weighted by Crippen LogP contribution is -2.25. The number of carboxylic acids is 1. The SMILES string of the molecule is Cc1cc(CNS(=O)(=O)c2[nH]ncc2C(=O)O)no1. The van der Waals surface area contributed by atoms with E-state index in [9.17, 15) is 13.2 Å². The number of nitrogens with one attached hydrogen (secondary N) is 2. The predicted octanol–water partition coefficient (Wildman–Crippen LogP) is -0.117. The Hall–Kier alpha value is -2.20. The second kappa shape index (κ2) is 4.82. The van der Waals surface area contributed by atoms with Crippen LogP contribution < -0.4 is 4.72 Å². The minimum Gasteiger partial charge on any atom is -0.478 e. The Balaban J connectivity index is 2.18. The number of aromatic nitrogens is 3. The van der Waals surface area contributed by atoms with Crippen molar-refractivity contribution in [1.82, 2.24) is 20.1 Å². The van der Waals surface area contributed by atoms with Gasteiger partial charge in [0.15, 0.2) is 5.03 Å². The molecule has 0 saturated heterocycles. The van der Waals surface area contributed by atoms with Crippen LogP contribution >= 0.6 is 0 Å². The van der Waals surface area contributed by atoms with Crippen LogP contribution in [0.3, 0.4) is 0 Å². The van der Waals surface area contributed by atoms with Crippen LogP contribution in [-0.2, 0) is 16.6 Å². The number of aromatic amines is 1. The molecule has 0 spiro atoms. The van der Waals surface area contributed by atoms with Gasteiger partial charge < -0.3 is 9.63 Å². The first-order valence-corrected chi connectivity index (χ1v) is 6.57. The maximum atomic E-state index is 11.9. The summed E-state index contributed by atoms with van der Waals surface area (Å²) in [7, 11) is -4.01. The van der Waals surface area contributed by atoms with Crippen molar-refractivity contribution in [2.75, 3.05) is 0 Å². The highest BCUT2D eigenvalue weighted by Crippen LogP contribution is 2.12. The Labute approximate surface area is 107 Å². The molecule has 3 N–H and O–H groups in total. The maximum absolute atomic E-state index is 11.9. The molecule has 9 nitrogen and oxygen atoms in total. The molecule has 10 heteroatoms. The molecule has 0 aliphatic rings. The molecule has 0 saturated carbocycles. The van der Waals surface area contributed by atoms with E-state index in [4.69, 9.17) is 9.63 Å². The summed E-state index contributed by atoms with van der Waals surface area (Å²) < 4.78 is 30.8.